The quantitative estimate of drug-likeness (QED) is 0.808. The van der Waals surface area contributed by atoms with Crippen LogP contribution in [0.15, 0.2) is 40.9 Å². The Morgan fingerprint density at radius 2 is 1.86 bits per heavy atom. The average molecular weight is 358 g/mol. The number of carbonyl (C=O) groups excluding carboxylic acids is 1. The summed E-state index contributed by atoms with van der Waals surface area (Å²) in [5.41, 5.74) is 0.328. The minimum absolute atomic E-state index is 0.0436. The number of hydrogen-bond acceptors (Lipinski definition) is 1. The lowest BCUT2D eigenvalue weighted by atomic mass is 10.1. The van der Waals surface area contributed by atoms with Gasteiger partial charge in [0.05, 0.1) is 10.0 Å². The third kappa shape index (κ3) is 3.44. The Morgan fingerprint density at radius 1 is 1.14 bits per heavy atom. The highest BCUT2D eigenvalue weighted by Gasteiger charge is 2.18. The Bertz CT molecular complexity index is 691. The van der Waals surface area contributed by atoms with Crippen molar-refractivity contribution in [3.63, 3.8) is 0 Å². The Kier molecular flexibility index (Phi) is 4.67. The third-order valence-electron chi connectivity index (χ3n) is 2.93. The summed E-state index contributed by atoms with van der Waals surface area (Å²) in [5, 5.41) is 0. The molecule has 0 aromatic heterocycles. The molecule has 1 amide bonds. The number of hydrogen-bond donors (Lipinski definition) is 0. The largest absolute Gasteiger partial charge is 0.337 e. The summed E-state index contributed by atoms with van der Waals surface area (Å²) in [5.74, 6) is -3.13. The van der Waals surface area contributed by atoms with Crippen LogP contribution in [0.5, 0.6) is 0 Å². The lowest BCUT2D eigenvalue weighted by molar-refractivity contribution is 0.0780. The molecule has 0 heterocycles. The molecule has 0 atom stereocenters. The van der Waals surface area contributed by atoms with Gasteiger partial charge in [0.2, 0.25) is 0 Å². The number of nitrogens with zero attached hydrogens (tertiary/aromatic N) is 1. The molecule has 0 bridgehead atoms. The van der Waals surface area contributed by atoms with Crippen LogP contribution in [-0.2, 0) is 6.54 Å². The molecule has 0 spiro atoms. The van der Waals surface area contributed by atoms with Crippen molar-refractivity contribution in [1.29, 1.82) is 0 Å². The molecule has 2 aromatic carbocycles. The van der Waals surface area contributed by atoms with Crippen molar-refractivity contribution >= 4 is 21.8 Å². The molecule has 2 nitrogen and oxygen atoms in total. The predicted octanol–water partition coefficient (Wildman–Crippen LogP) is 4.14. The molecular weight excluding hydrogens is 347 g/mol. The van der Waals surface area contributed by atoms with Crippen LogP contribution in [0.3, 0.4) is 0 Å². The van der Waals surface area contributed by atoms with Crippen LogP contribution in [-0.4, -0.2) is 17.9 Å². The monoisotopic (exact) mass is 357 g/mol. The second-order valence-corrected chi connectivity index (χ2v) is 5.37. The molecule has 2 rings (SSSR count). The van der Waals surface area contributed by atoms with E-state index in [9.17, 15) is 18.0 Å². The first-order valence-electron chi connectivity index (χ1n) is 6.03. The fourth-order valence-corrected chi connectivity index (χ4v) is 2.22. The van der Waals surface area contributed by atoms with Gasteiger partial charge in [0.1, 0.15) is 5.82 Å². The van der Waals surface area contributed by atoms with Crippen LogP contribution < -0.4 is 0 Å². The van der Waals surface area contributed by atoms with E-state index >= 15 is 0 Å². The minimum Gasteiger partial charge on any atom is -0.337 e. The molecule has 0 fully saturated rings. The van der Waals surface area contributed by atoms with E-state index in [2.05, 4.69) is 15.9 Å². The van der Waals surface area contributed by atoms with Crippen LogP contribution in [0.1, 0.15) is 15.9 Å². The fourth-order valence-electron chi connectivity index (χ4n) is 1.86. The standard InChI is InChI=1S/C15H11BrF3NO/c1-20(8-9-5-6-12(17)13(18)7-9)15(21)10-3-2-4-11(16)14(10)19/h2-7H,8H2,1H3. The average Bonchev–Trinajstić information content (AvgIpc) is 2.45. The normalized spacial score (nSPS) is 10.5. The van der Waals surface area contributed by atoms with Crippen molar-refractivity contribution < 1.29 is 18.0 Å². The number of carbonyl (C=O) groups is 1. The first kappa shape index (κ1) is 15.6. The summed E-state index contributed by atoms with van der Waals surface area (Å²) in [6.45, 7) is 0.0436. The Morgan fingerprint density at radius 3 is 2.52 bits per heavy atom. The lowest BCUT2D eigenvalue weighted by Crippen LogP contribution is -2.27. The Balaban J connectivity index is 2.19. The van der Waals surface area contributed by atoms with Gasteiger partial charge in [0, 0.05) is 13.6 Å². The Hall–Kier alpha value is -1.82. The van der Waals surface area contributed by atoms with Gasteiger partial charge >= 0.3 is 0 Å². The number of rotatable bonds is 3. The van der Waals surface area contributed by atoms with Crippen molar-refractivity contribution in [1.82, 2.24) is 4.90 Å². The number of halogens is 4. The van der Waals surface area contributed by atoms with Crippen LogP contribution in [0.25, 0.3) is 0 Å². The van der Waals surface area contributed by atoms with Crippen molar-refractivity contribution in [3.05, 3.63) is 69.4 Å². The molecule has 0 saturated carbocycles. The van der Waals surface area contributed by atoms with E-state index in [0.717, 1.165) is 12.1 Å². The molecule has 6 heteroatoms. The second kappa shape index (κ2) is 6.30. The van der Waals surface area contributed by atoms with Crippen LogP contribution >= 0.6 is 15.9 Å². The maximum atomic E-state index is 13.9. The molecule has 0 N–H and O–H groups in total. The number of amides is 1. The molecule has 0 aliphatic carbocycles. The Labute approximate surface area is 128 Å². The topological polar surface area (TPSA) is 20.3 Å². The maximum absolute atomic E-state index is 13.9. The van der Waals surface area contributed by atoms with Crippen molar-refractivity contribution in [3.8, 4) is 0 Å². The summed E-state index contributed by atoms with van der Waals surface area (Å²) in [7, 11) is 1.46. The first-order valence-corrected chi connectivity index (χ1v) is 6.83. The van der Waals surface area contributed by atoms with Crippen LogP contribution in [0.2, 0.25) is 0 Å². The minimum atomic E-state index is -0.984. The van der Waals surface area contributed by atoms with Gasteiger partial charge in [0.25, 0.3) is 5.91 Å². The fraction of sp³-hybridized carbons (Fsp3) is 0.133. The predicted molar refractivity (Wildman–Crippen MR) is 76.3 cm³/mol. The molecule has 0 radical (unpaired) electrons. The first-order chi connectivity index (χ1) is 9.90. The molecule has 2 aromatic rings. The highest BCUT2D eigenvalue weighted by Crippen LogP contribution is 2.20. The highest BCUT2D eigenvalue weighted by atomic mass is 79.9. The SMILES string of the molecule is CN(Cc1ccc(F)c(F)c1)C(=O)c1cccc(Br)c1F. The van der Waals surface area contributed by atoms with E-state index < -0.39 is 23.4 Å². The van der Waals surface area contributed by atoms with Gasteiger partial charge in [-0.15, -0.1) is 0 Å². The van der Waals surface area contributed by atoms with Gasteiger partial charge in [-0.2, -0.15) is 0 Å². The summed E-state index contributed by atoms with van der Waals surface area (Å²) < 4.78 is 40.0. The molecule has 0 aliphatic heterocycles. The van der Waals surface area contributed by atoms with Gasteiger partial charge in [-0.25, -0.2) is 13.2 Å². The molecule has 0 aliphatic rings. The van der Waals surface area contributed by atoms with Gasteiger partial charge in [-0.1, -0.05) is 12.1 Å². The number of benzene rings is 2. The summed E-state index contributed by atoms with van der Waals surface area (Å²) >= 11 is 3.01. The van der Waals surface area contributed by atoms with Gasteiger partial charge in [-0.05, 0) is 45.8 Å². The zero-order valence-electron chi connectivity index (χ0n) is 11.0. The smallest absolute Gasteiger partial charge is 0.256 e. The third-order valence-corrected chi connectivity index (χ3v) is 3.54. The van der Waals surface area contributed by atoms with Gasteiger partial charge in [-0.3, -0.25) is 4.79 Å². The van der Waals surface area contributed by atoms with Crippen LogP contribution in [0, 0.1) is 17.5 Å². The van der Waals surface area contributed by atoms with E-state index in [0.29, 0.717) is 5.56 Å². The van der Waals surface area contributed by atoms with Gasteiger partial charge in [0.15, 0.2) is 11.6 Å². The van der Waals surface area contributed by atoms with E-state index in [-0.39, 0.29) is 16.6 Å². The van der Waals surface area contributed by atoms with Crippen molar-refractivity contribution in [2.75, 3.05) is 7.05 Å². The molecule has 110 valence electrons. The zero-order valence-corrected chi connectivity index (χ0v) is 12.6. The van der Waals surface area contributed by atoms with Gasteiger partial charge < -0.3 is 4.90 Å². The highest BCUT2D eigenvalue weighted by molar-refractivity contribution is 9.10. The van der Waals surface area contributed by atoms with E-state index in [1.54, 1.807) is 6.07 Å². The van der Waals surface area contributed by atoms with E-state index in [1.165, 1.54) is 30.1 Å². The van der Waals surface area contributed by atoms with Crippen molar-refractivity contribution in [2.45, 2.75) is 6.54 Å². The van der Waals surface area contributed by atoms with Crippen molar-refractivity contribution in [2.24, 2.45) is 0 Å². The maximum Gasteiger partial charge on any atom is 0.256 e. The second-order valence-electron chi connectivity index (χ2n) is 4.51. The van der Waals surface area contributed by atoms with E-state index in [1.807, 2.05) is 0 Å². The molecule has 0 unspecified atom stereocenters. The van der Waals surface area contributed by atoms with Crippen LogP contribution in [0.4, 0.5) is 13.2 Å². The lowest BCUT2D eigenvalue weighted by Gasteiger charge is -2.18. The summed E-state index contributed by atoms with van der Waals surface area (Å²) in [6, 6.07) is 7.77. The summed E-state index contributed by atoms with van der Waals surface area (Å²) in [6.07, 6.45) is 0. The molecule has 21 heavy (non-hydrogen) atoms. The zero-order chi connectivity index (χ0) is 15.6. The molecular formula is C15H11BrF3NO. The molecule has 0 saturated heterocycles. The summed E-state index contributed by atoms with van der Waals surface area (Å²) in [4.78, 5) is 13.4. The van der Waals surface area contributed by atoms with E-state index in [4.69, 9.17) is 0 Å².